The molecular weight excluding hydrogens is 328 g/mol. The number of Topliss-reactive ketones (excluding diaryl/α,β-unsaturated/α-hetero) is 2. The van der Waals surface area contributed by atoms with Crippen LogP contribution in [0.2, 0.25) is 0 Å². The molecule has 26 heavy (non-hydrogen) atoms. The highest BCUT2D eigenvalue weighted by Crippen LogP contribution is 2.44. The van der Waals surface area contributed by atoms with Gasteiger partial charge in [-0.25, -0.2) is 0 Å². The second-order valence-corrected chi connectivity index (χ2v) is 9.05. The maximum atomic E-state index is 12.6. The summed E-state index contributed by atoms with van der Waals surface area (Å²) in [5.74, 6) is -1.33. The third-order valence-corrected chi connectivity index (χ3v) is 4.92. The Bertz CT molecular complexity index is 869. The largest absolute Gasteiger partial charge is 0.504 e. The van der Waals surface area contributed by atoms with E-state index in [4.69, 9.17) is 0 Å². The summed E-state index contributed by atoms with van der Waals surface area (Å²) < 4.78 is 0. The van der Waals surface area contributed by atoms with Gasteiger partial charge in [0.05, 0.1) is 0 Å². The summed E-state index contributed by atoms with van der Waals surface area (Å²) >= 11 is 0. The van der Waals surface area contributed by atoms with E-state index in [1.807, 2.05) is 47.6 Å². The lowest BCUT2D eigenvalue weighted by Gasteiger charge is -2.28. The van der Waals surface area contributed by atoms with Crippen LogP contribution in [0.3, 0.4) is 0 Å². The molecule has 0 fully saturated rings. The van der Waals surface area contributed by atoms with Crippen LogP contribution in [0.1, 0.15) is 65.2 Å². The summed E-state index contributed by atoms with van der Waals surface area (Å²) in [6.07, 6.45) is 1.75. The van der Waals surface area contributed by atoms with Crippen molar-refractivity contribution in [2.75, 3.05) is 0 Å². The van der Waals surface area contributed by atoms with E-state index in [0.29, 0.717) is 33.4 Å². The Kier molecular flexibility index (Phi) is 4.69. The lowest BCUT2D eigenvalue weighted by atomic mass is 9.75. The molecule has 0 radical (unpaired) electrons. The van der Waals surface area contributed by atoms with Crippen LogP contribution in [0.25, 0.3) is 5.57 Å². The Balaban J connectivity index is 2.86. The minimum Gasteiger partial charge on any atom is -0.504 e. The van der Waals surface area contributed by atoms with E-state index in [9.17, 15) is 19.8 Å². The molecule has 0 spiro atoms. The van der Waals surface area contributed by atoms with Crippen molar-refractivity contribution in [2.24, 2.45) is 5.41 Å². The molecule has 0 unspecified atom stereocenters. The van der Waals surface area contributed by atoms with Crippen molar-refractivity contribution in [1.82, 2.24) is 0 Å². The van der Waals surface area contributed by atoms with Gasteiger partial charge in [0.15, 0.2) is 11.5 Å². The molecule has 0 amide bonds. The summed E-state index contributed by atoms with van der Waals surface area (Å²) in [5, 5.41) is 20.8. The van der Waals surface area contributed by atoms with Gasteiger partial charge >= 0.3 is 0 Å². The van der Waals surface area contributed by atoms with Gasteiger partial charge in [-0.15, -0.1) is 0 Å². The molecule has 0 aliphatic heterocycles. The van der Waals surface area contributed by atoms with Crippen molar-refractivity contribution in [1.29, 1.82) is 0 Å². The van der Waals surface area contributed by atoms with E-state index in [1.165, 1.54) is 0 Å². The van der Waals surface area contributed by atoms with E-state index in [1.54, 1.807) is 19.9 Å². The van der Waals surface area contributed by atoms with Crippen molar-refractivity contribution >= 4 is 17.1 Å². The van der Waals surface area contributed by atoms with Gasteiger partial charge in [-0.05, 0) is 48.0 Å². The number of hydrogen-bond donors (Lipinski definition) is 2. The molecule has 0 aromatic heterocycles. The SMILES string of the molecule is CC1=C(c2cc(C(C)(C)C)c(O)c(O)c2C)C=C(C(C)(C)C)C(=O)C1=O. The molecule has 4 heteroatoms. The maximum absolute atomic E-state index is 12.6. The smallest absolute Gasteiger partial charge is 0.229 e. The zero-order valence-corrected chi connectivity index (χ0v) is 16.9. The molecule has 1 aliphatic rings. The Hall–Kier alpha value is -2.36. The van der Waals surface area contributed by atoms with Crippen molar-refractivity contribution in [2.45, 2.75) is 60.8 Å². The first-order chi connectivity index (χ1) is 11.7. The van der Waals surface area contributed by atoms with Gasteiger partial charge in [-0.1, -0.05) is 41.5 Å². The molecule has 0 saturated carbocycles. The lowest BCUT2D eigenvalue weighted by molar-refractivity contribution is -0.132. The van der Waals surface area contributed by atoms with E-state index in [0.717, 1.165) is 0 Å². The molecule has 2 N–H and O–H groups in total. The molecule has 2 rings (SSSR count). The third-order valence-electron chi connectivity index (χ3n) is 4.92. The Labute approximate surface area is 155 Å². The Morgan fingerprint density at radius 1 is 0.808 bits per heavy atom. The molecule has 140 valence electrons. The molecule has 0 bridgehead atoms. The lowest BCUT2D eigenvalue weighted by Crippen LogP contribution is -2.29. The molecule has 0 atom stereocenters. The van der Waals surface area contributed by atoms with Crippen LogP contribution in [0.4, 0.5) is 0 Å². The van der Waals surface area contributed by atoms with Crippen LogP contribution in [0.5, 0.6) is 11.5 Å². The predicted molar refractivity (Wildman–Crippen MR) is 103 cm³/mol. The monoisotopic (exact) mass is 356 g/mol. The maximum Gasteiger partial charge on any atom is 0.229 e. The van der Waals surface area contributed by atoms with Crippen LogP contribution in [0, 0.1) is 12.3 Å². The van der Waals surface area contributed by atoms with Crippen molar-refractivity contribution in [3.05, 3.63) is 40.0 Å². The normalized spacial score (nSPS) is 16.2. The number of carbonyl (C=O) groups excluding carboxylic acids is 2. The van der Waals surface area contributed by atoms with Crippen molar-refractivity contribution in [3.8, 4) is 11.5 Å². The van der Waals surface area contributed by atoms with Crippen molar-refractivity contribution < 1.29 is 19.8 Å². The van der Waals surface area contributed by atoms with E-state index >= 15 is 0 Å². The summed E-state index contributed by atoms with van der Waals surface area (Å²) in [7, 11) is 0. The topological polar surface area (TPSA) is 74.6 Å². The van der Waals surface area contributed by atoms with Gasteiger partial charge in [-0.3, -0.25) is 9.59 Å². The fourth-order valence-electron chi connectivity index (χ4n) is 3.18. The summed E-state index contributed by atoms with van der Waals surface area (Å²) in [5.41, 5.74) is 2.29. The predicted octanol–water partition coefficient (Wildman–Crippen LogP) is 4.60. The molecule has 1 aromatic carbocycles. The number of carbonyl (C=O) groups is 2. The summed E-state index contributed by atoms with van der Waals surface area (Å²) in [4.78, 5) is 25.0. The summed E-state index contributed by atoms with van der Waals surface area (Å²) in [6.45, 7) is 14.8. The average Bonchev–Trinajstić information content (AvgIpc) is 2.49. The highest BCUT2D eigenvalue weighted by Gasteiger charge is 2.35. The van der Waals surface area contributed by atoms with Gasteiger partial charge < -0.3 is 10.2 Å². The highest BCUT2D eigenvalue weighted by molar-refractivity contribution is 6.52. The zero-order chi connectivity index (χ0) is 20.2. The fourth-order valence-corrected chi connectivity index (χ4v) is 3.18. The fraction of sp³-hybridized carbons (Fsp3) is 0.455. The average molecular weight is 356 g/mol. The second kappa shape index (κ2) is 6.11. The molecule has 1 aromatic rings. The van der Waals surface area contributed by atoms with Gasteiger partial charge in [-0.2, -0.15) is 0 Å². The van der Waals surface area contributed by atoms with Gasteiger partial charge in [0.2, 0.25) is 11.6 Å². The van der Waals surface area contributed by atoms with Crippen LogP contribution in [0.15, 0.2) is 23.3 Å². The second-order valence-electron chi connectivity index (χ2n) is 9.05. The number of rotatable bonds is 1. The number of phenolic OH excluding ortho intramolecular Hbond substituents is 2. The first-order valence-corrected chi connectivity index (χ1v) is 8.76. The minimum absolute atomic E-state index is 0.143. The van der Waals surface area contributed by atoms with Gasteiger partial charge in [0.1, 0.15) is 0 Å². The quantitative estimate of drug-likeness (QED) is 0.438. The Morgan fingerprint density at radius 2 is 1.35 bits per heavy atom. The first-order valence-electron chi connectivity index (χ1n) is 8.76. The van der Waals surface area contributed by atoms with Gasteiger partial charge in [0, 0.05) is 22.3 Å². The van der Waals surface area contributed by atoms with Crippen LogP contribution in [-0.2, 0) is 15.0 Å². The number of phenols is 2. The molecular formula is C22H28O4. The van der Waals surface area contributed by atoms with Crippen molar-refractivity contribution in [3.63, 3.8) is 0 Å². The van der Waals surface area contributed by atoms with E-state index in [2.05, 4.69) is 0 Å². The molecule has 0 heterocycles. The molecule has 0 saturated heterocycles. The Morgan fingerprint density at radius 3 is 1.81 bits per heavy atom. The first kappa shape index (κ1) is 20.0. The van der Waals surface area contributed by atoms with Gasteiger partial charge in [0.25, 0.3) is 0 Å². The third kappa shape index (κ3) is 3.20. The standard InChI is InChI=1S/C22H28O4/c1-11-13(9-15(21(3,4)5)19(25)17(11)23)14-10-16(22(6,7)8)20(26)18(24)12(14)2/h9-10,23,25H,1-8H3. The number of aromatic hydroxyl groups is 2. The molecule has 1 aliphatic carbocycles. The number of allylic oxidation sites excluding steroid dienone is 4. The zero-order valence-electron chi connectivity index (χ0n) is 16.9. The summed E-state index contributed by atoms with van der Waals surface area (Å²) in [6, 6.07) is 1.81. The minimum atomic E-state index is -0.517. The van der Waals surface area contributed by atoms with Crippen LogP contribution >= 0.6 is 0 Å². The van der Waals surface area contributed by atoms with Crippen LogP contribution < -0.4 is 0 Å². The number of ketones is 2. The highest BCUT2D eigenvalue weighted by atomic mass is 16.3. The number of benzene rings is 1. The van der Waals surface area contributed by atoms with E-state index < -0.39 is 22.4 Å². The van der Waals surface area contributed by atoms with E-state index in [-0.39, 0.29) is 11.5 Å². The molecule has 4 nitrogen and oxygen atoms in total. The van der Waals surface area contributed by atoms with Crippen LogP contribution in [-0.4, -0.2) is 21.8 Å². The number of hydrogen-bond acceptors (Lipinski definition) is 4.